The number of likely N-dealkylation sites (tertiary alicyclic amines) is 1. The number of nitrogens with one attached hydrogen (secondary N) is 2. The highest BCUT2D eigenvalue weighted by Gasteiger charge is 2.25. The van der Waals surface area contributed by atoms with Gasteiger partial charge in [0.2, 0.25) is 16.0 Å². The lowest BCUT2D eigenvalue weighted by Gasteiger charge is -2.21. The predicted molar refractivity (Wildman–Crippen MR) is 98.1 cm³/mol. The number of anilines is 1. The topological polar surface area (TPSA) is 120 Å². The number of nitrogens with two attached hydrogens (primary N) is 1. The van der Waals surface area contributed by atoms with E-state index in [0.29, 0.717) is 23.1 Å². The molecule has 1 aliphatic heterocycles. The van der Waals surface area contributed by atoms with E-state index in [-0.39, 0.29) is 11.6 Å². The summed E-state index contributed by atoms with van der Waals surface area (Å²) in [5.41, 5.74) is 5.79. The van der Waals surface area contributed by atoms with Crippen molar-refractivity contribution in [3.63, 3.8) is 0 Å². The summed E-state index contributed by atoms with van der Waals surface area (Å²) in [5, 5.41) is 9.95. The summed E-state index contributed by atoms with van der Waals surface area (Å²) < 4.78 is 39.3. The van der Waals surface area contributed by atoms with Crippen molar-refractivity contribution in [3.8, 4) is 0 Å². The maximum Gasteiger partial charge on any atom is 0.321 e. The average molecular weight is 385 g/mol. The predicted octanol–water partition coefficient (Wildman–Crippen LogP) is 1.71. The number of urea groups is 1. The molecule has 2 rings (SSSR count). The van der Waals surface area contributed by atoms with E-state index in [4.69, 9.17) is 11.1 Å². The highest BCUT2D eigenvalue weighted by molar-refractivity contribution is 7.89. The standard InChI is InChI=1S/C16H24FN5O3S/c1-11(10-26(24,25)21(2)15(18)19)13-9-12(5-6-14(13)17)20-16(23)22-7-3-4-8-22/h5-6,9,11H,3-4,7-8,10H2,1-2H3,(H3,18,19)(H,20,23)/t11-/m1/s1. The van der Waals surface area contributed by atoms with Crippen LogP contribution < -0.4 is 11.1 Å². The van der Waals surface area contributed by atoms with Crippen LogP contribution in [0.2, 0.25) is 0 Å². The van der Waals surface area contributed by atoms with Gasteiger partial charge in [0, 0.05) is 25.8 Å². The summed E-state index contributed by atoms with van der Waals surface area (Å²) in [6, 6.07) is 3.83. The van der Waals surface area contributed by atoms with Gasteiger partial charge < -0.3 is 16.0 Å². The van der Waals surface area contributed by atoms with Crippen LogP contribution in [0, 0.1) is 11.2 Å². The van der Waals surface area contributed by atoms with Crippen molar-refractivity contribution in [3.05, 3.63) is 29.6 Å². The first-order valence-corrected chi connectivity index (χ1v) is 9.88. The molecule has 0 bridgehead atoms. The van der Waals surface area contributed by atoms with Gasteiger partial charge in [0.25, 0.3) is 0 Å². The fourth-order valence-electron chi connectivity index (χ4n) is 2.79. The Morgan fingerprint density at radius 2 is 2.04 bits per heavy atom. The van der Waals surface area contributed by atoms with Gasteiger partial charge in [0.15, 0.2) is 0 Å². The van der Waals surface area contributed by atoms with Crippen LogP contribution in [0.1, 0.15) is 31.2 Å². The number of halogens is 1. The summed E-state index contributed by atoms with van der Waals surface area (Å²) in [4.78, 5) is 13.8. The molecule has 26 heavy (non-hydrogen) atoms. The Morgan fingerprint density at radius 3 is 2.62 bits per heavy atom. The number of hydrogen-bond acceptors (Lipinski definition) is 4. The van der Waals surface area contributed by atoms with Crippen molar-refractivity contribution in [2.24, 2.45) is 5.73 Å². The molecule has 1 heterocycles. The molecule has 0 radical (unpaired) electrons. The lowest BCUT2D eigenvalue weighted by Crippen LogP contribution is -2.40. The monoisotopic (exact) mass is 385 g/mol. The lowest BCUT2D eigenvalue weighted by atomic mass is 10.0. The third-order valence-electron chi connectivity index (χ3n) is 4.39. The zero-order valence-electron chi connectivity index (χ0n) is 14.8. The van der Waals surface area contributed by atoms with Crippen LogP contribution in [0.15, 0.2) is 18.2 Å². The second-order valence-corrected chi connectivity index (χ2v) is 8.44. The number of guanidine groups is 1. The van der Waals surface area contributed by atoms with Crippen molar-refractivity contribution in [2.75, 3.05) is 31.2 Å². The minimum absolute atomic E-state index is 0.171. The molecule has 1 aromatic rings. The molecule has 8 nitrogen and oxygen atoms in total. The van der Waals surface area contributed by atoms with Gasteiger partial charge in [0.05, 0.1) is 5.75 Å². The zero-order valence-corrected chi connectivity index (χ0v) is 15.6. The Hall–Kier alpha value is -2.36. The minimum Gasteiger partial charge on any atom is -0.369 e. The number of nitrogens with zero attached hydrogens (tertiary/aromatic N) is 2. The van der Waals surface area contributed by atoms with Crippen LogP contribution in [-0.2, 0) is 10.0 Å². The largest absolute Gasteiger partial charge is 0.369 e. The molecule has 1 saturated heterocycles. The van der Waals surface area contributed by atoms with Crippen molar-refractivity contribution in [1.29, 1.82) is 5.41 Å². The van der Waals surface area contributed by atoms with Gasteiger partial charge in [-0.15, -0.1) is 0 Å². The molecule has 1 aliphatic rings. The molecule has 1 aromatic carbocycles. The number of amides is 2. The van der Waals surface area contributed by atoms with E-state index in [0.717, 1.165) is 12.8 Å². The fraction of sp³-hybridized carbons (Fsp3) is 0.500. The number of benzene rings is 1. The van der Waals surface area contributed by atoms with E-state index in [9.17, 15) is 17.6 Å². The molecule has 1 fully saturated rings. The molecule has 2 amide bonds. The first-order chi connectivity index (χ1) is 12.1. The molecule has 144 valence electrons. The van der Waals surface area contributed by atoms with Gasteiger partial charge in [-0.3, -0.25) is 5.41 Å². The van der Waals surface area contributed by atoms with E-state index in [2.05, 4.69) is 5.32 Å². The Kier molecular flexibility index (Phi) is 6.06. The molecule has 0 aliphatic carbocycles. The molecule has 0 saturated carbocycles. The summed E-state index contributed by atoms with van der Waals surface area (Å²) in [6.45, 7) is 2.94. The van der Waals surface area contributed by atoms with Crippen molar-refractivity contribution < 1.29 is 17.6 Å². The fourth-order valence-corrected chi connectivity index (χ4v) is 4.12. The van der Waals surface area contributed by atoms with Gasteiger partial charge in [-0.25, -0.2) is 21.9 Å². The summed E-state index contributed by atoms with van der Waals surface area (Å²) in [7, 11) is -2.68. The molecule has 10 heteroatoms. The maximum absolute atomic E-state index is 14.2. The summed E-state index contributed by atoms with van der Waals surface area (Å²) in [5.74, 6) is -2.27. The van der Waals surface area contributed by atoms with Crippen molar-refractivity contribution >= 4 is 27.7 Å². The molecule has 4 N–H and O–H groups in total. The summed E-state index contributed by atoms with van der Waals surface area (Å²) >= 11 is 0. The SMILES string of the molecule is C[C@H](CS(=O)(=O)N(C)C(=N)N)c1cc(NC(=O)N2CCCC2)ccc1F. The first-order valence-electron chi connectivity index (χ1n) is 8.28. The van der Waals surface area contributed by atoms with Gasteiger partial charge >= 0.3 is 6.03 Å². The normalized spacial score (nSPS) is 15.6. The van der Waals surface area contributed by atoms with E-state index < -0.39 is 33.5 Å². The third-order valence-corrected chi connectivity index (χ3v) is 6.34. The molecule has 1 atom stereocenters. The molecule has 0 unspecified atom stereocenters. The molecule has 0 aromatic heterocycles. The zero-order chi connectivity index (χ0) is 19.5. The van der Waals surface area contributed by atoms with Crippen molar-refractivity contribution in [1.82, 2.24) is 9.21 Å². The maximum atomic E-state index is 14.2. The van der Waals surface area contributed by atoms with Crippen LogP contribution in [0.25, 0.3) is 0 Å². The van der Waals surface area contributed by atoms with E-state index in [1.165, 1.54) is 25.2 Å². The Bertz CT molecular complexity index is 793. The van der Waals surface area contributed by atoms with Crippen LogP contribution in [0.5, 0.6) is 0 Å². The van der Waals surface area contributed by atoms with E-state index >= 15 is 0 Å². The highest BCUT2D eigenvalue weighted by atomic mass is 32.2. The van der Waals surface area contributed by atoms with Crippen LogP contribution in [-0.4, -0.2) is 55.5 Å². The van der Waals surface area contributed by atoms with Gasteiger partial charge in [0.1, 0.15) is 5.82 Å². The summed E-state index contributed by atoms with van der Waals surface area (Å²) in [6.07, 6.45) is 1.92. The van der Waals surface area contributed by atoms with E-state index in [1.54, 1.807) is 11.8 Å². The average Bonchev–Trinajstić information content (AvgIpc) is 3.09. The first kappa shape index (κ1) is 20.0. The lowest BCUT2D eigenvalue weighted by molar-refractivity contribution is 0.222. The molecular formula is C16H24FN5O3S. The smallest absolute Gasteiger partial charge is 0.321 e. The number of sulfonamides is 1. The van der Waals surface area contributed by atoms with Gasteiger partial charge in [-0.05, 0) is 42.5 Å². The quantitative estimate of drug-likeness (QED) is 0.528. The number of carbonyl (C=O) groups excluding carboxylic acids is 1. The van der Waals surface area contributed by atoms with Crippen LogP contribution in [0.4, 0.5) is 14.9 Å². The number of carbonyl (C=O) groups is 1. The van der Waals surface area contributed by atoms with Gasteiger partial charge in [-0.2, -0.15) is 0 Å². The molecule has 0 spiro atoms. The Morgan fingerprint density at radius 1 is 1.42 bits per heavy atom. The third kappa shape index (κ3) is 4.63. The van der Waals surface area contributed by atoms with Crippen LogP contribution >= 0.6 is 0 Å². The van der Waals surface area contributed by atoms with Crippen LogP contribution in [0.3, 0.4) is 0 Å². The second kappa shape index (κ2) is 7.90. The highest BCUT2D eigenvalue weighted by Crippen LogP contribution is 2.25. The minimum atomic E-state index is -3.85. The molecular weight excluding hydrogens is 361 g/mol. The number of rotatable bonds is 5. The van der Waals surface area contributed by atoms with Gasteiger partial charge in [-0.1, -0.05) is 6.92 Å². The number of hydrogen-bond donors (Lipinski definition) is 3. The second-order valence-electron chi connectivity index (χ2n) is 6.39. The Balaban J connectivity index is 2.15. The van der Waals surface area contributed by atoms with E-state index in [1.807, 2.05) is 0 Å². The Labute approximate surface area is 152 Å². The van der Waals surface area contributed by atoms with Crippen molar-refractivity contribution in [2.45, 2.75) is 25.7 Å².